The van der Waals surface area contributed by atoms with Crippen LogP contribution in [0, 0.1) is 0 Å². The highest BCUT2D eigenvalue weighted by Crippen LogP contribution is 2.11. The predicted octanol–water partition coefficient (Wildman–Crippen LogP) is 2.41. The van der Waals surface area contributed by atoms with Crippen molar-refractivity contribution < 1.29 is 10.0 Å². The van der Waals surface area contributed by atoms with Gasteiger partial charge in [-0.25, -0.2) is 4.79 Å². The third-order valence-corrected chi connectivity index (χ3v) is 2.11. The maximum absolute atomic E-state index is 11.5. The van der Waals surface area contributed by atoms with Gasteiger partial charge in [0.1, 0.15) is 0 Å². The minimum Gasteiger partial charge on any atom is -0.411 e. The predicted molar refractivity (Wildman–Crippen MR) is 67.7 cm³/mol. The lowest BCUT2D eigenvalue weighted by molar-refractivity contribution is 0.250. The fourth-order valence-electron chi connectivity index (χ4n) is 1.31. The van der Waals surface area contributed by atoms with Crippen LogP contribution in [0.4, 0.5) is 10.5 Å². The lowest BCUT2D eigenvalue weighted by Crippen LogP contribution is -2.34. The molecule has 92 valence electrons. The number of urea groups is 1. The van der Waals surface area contributed by atoms with Crippen LogP contribution in [-0.2, 0) is 0 Å². The van der Waals surface area contributed by atoms with E-state index in [4.69, 9.17) is 5.21 Å². The van der Waals surface area contributed by atoms with E-state index in [-0.39, 0.29) is 12.1 Å². The van der Waals surface area contributed by atoms with Crippen LogP contribution in [0.3, 0.4) is 0 Å². The number of rotatable bonds is 3. The summed E-state index contributed by atoms with van der Waals surface area (Å²) in [7, 11) is 0. The zero-order valence-corrected chi connectivity index (χ0v) is 10.2. The lowest BCUT2D eigenvalue weighted by atomic mass is 10.1. The number of hydrogen-bond donors (Lipinski definition) is 3. The number of nitrogens with zero attached hydrogens (tertiary/aromatic N) is 1. The first-order valence-electron chi connectivity index (χ1n) is 5.39. The third kappa shape index (κ3) is 4.14. The molecule has 1 rings (SSSR count). The molecule has 0 unspecified atom stereocenters. The molecule has 0 aromatic heterocycles. The van der Waals surface area contributed by atoms with Gasteiger partial charge in [-0.05, 0) is 32.9 Å². The molecule has 0 saturated heterocycles. The fourth-order valence-corrected chi connectivity index (χ4v) is 1.31. The van der Waals surface area contributed by atoms with Gasteiger partial charge < -0.3 is 15.8 Å². The van der Waals surface area contributed by atoms with E-state index in [2.05, 4.69) is 15.8 Å². The molecule has 0 aliphatic rings. The second kappa shape index (κ2) is 5.89. The van der Waals surface area contributed by atoms with Crippen molar-refractivity contribution in [2.24, 2.45) is 5.16 Å². The summed E-state index contributed by atoms with van der Waals surface area (Å²) in [5.41, 5.74) is 1.91. The van der Waals surface area contributed by atoms with Crippen LogP contribution in [-0.4, -0.2) is 23.0 Å². The summed E-state index contributed by atoms with van der Waals surface area (Å²) in [6.07, 6.45) is 0. The van der Waals surface area contributed by atoms with Crippen molar-refractivity contribution in [3.05, 3.63) is 29.8 Å². The van der Waals surface area contributed by atoms with Gasteiger partial charge in [-0.15, -0.1) is 0 Å². The van der Waals surface area contributed by atoms with E-state index in [1.165, 1.54) is 0 Å². The molecular formula is C12H17N3O2. The Balaban J connectivity index is 2.76. The normalized spacial score (nSPS) is 11.4. The first-order chi connectivity index (χ1) is 8.02. The van der Waals surface area contributed by atoms with Crippen molar-refractivity contribution >= 4 is 17.4 Å². The zero-order valence-electron chi connectivity index (χ0n) is 10.2. The summed E-state index contributed by atoms with van der Waals surface area (Å²) in [6, 6.07) is 6.94. The molecule has 2 amide bonds. The Morgan fingerprint density at radius 3 is 2.71 bits per heavy atom. The average molecular weight is 235 g/mol. The Kier molecular flexibility index (Phi) is 4.51. The standard InChI is InChI=1S/C12H17N3O2/c1-8(2)13-12(16)14-11-6-4-5-10(7-11)9(3)15-17/h4-8,17H,1-3H3,(H2,13,14,16)/b15-9+. The molecule has 17 heavy (non-hydrogen) atoms. The van der Waals surface area contributed by atoms with Crippen LogP contribution in [0.25, 0.3) is 0 Å². The van der Waals surface area contributed by atoms with Gasteiger partial charge >= 0.3 is 6.03 Å². The Hall–Kier alpha value is -2.04. The number of anilines is 1. The van der Waals surface area contributed by atoms with Gasteiger partial charge in [-0.2, -0.15) is 0 Å². The van der Waals surface area contributed by atoms with Crippen molar-refractivity contribution in [2.45, 2.75) is 26.8 Å². The van der Waals surface area contributed by atoms with Crippen molar-refractivity contribution in [3.8, 4) is 0 Å². The largest absolute Gasteiger partial charge is 0.411 e. The molecule has 0 heterocycles. The summed E-state index contributed by atoms with van der Waals surface area (Å²) in [6.45, 7) is 5.46. The number of carbonyl (C=O) groups is 1. The number of nitrogens with one attached hydrogen (secondary N) is 2. The van der Waals surface area contributed by atoms with E-state index in [9.17, 15) is 4.79 Å². The minimum absolute atomic E-state index is 0.0823. The molecule has 0 bridgehead atoms. The lowest BCUT2D eigenvalue weighted by Gasteiger charge is -2.10. The Bertz CT molecular complexity index is 428. The molecule has 5 nitrogen and oxygen atoms in total. The van der Waals surface area contributed by atoms with Gasteiger partial charge in [0.2, 0.25) is 0 Å². The SMILES string of the molecule is C/C(=N\O)c1cccc(NC(=O)NC(C)C)c1. The summed E-state index contributed by atoms with van der Waals surface area (Å²) in [5, 5.41) is 17.2. The monoisotopic (exact) mass is 235 g/mol. The van der Waals surface area contributed by atoms with E-state index >= 15 is 0 Å². The first-order valence-corrected chi connectivity index (χ1v) is 5.39. The highest BCUT2D eigenvalue weighted by molar-refractivity contribution is 6.00. The van der Waals surface area contributed by atoms with Crippen LogP contribution in [0.2, 0.25) is 0 Å². The van der Waals surface area contributed by atoms with Crippen molar-refractivity contribution in [1.29, 1.82) is 0 Å². The molecule has 5 heteroatoms. The molecule has 0 saturated carbocycles. The summed E-state index contributed by atoms with van der Waals surface area (Å²) in [5.74, 6) is 0. The molecular weight excluding hydrogens is 218 g/mol. The number of carbonyl (C=O) groups excluding carboxylic acids is 1. The number of oxime groups is 1. The van der Waals surface area contributed by atoms with Gasteiger partial charge in [0.15, 0.2) is 0 Å². The van der Waals surface area contributed by atoms with Crippen LogP contribution in [0.15, 0.2) is 29.4 Å². The van der Waals surface area contributed by atoms with Gasteiger partial charge in [-0.3, -0.25) is 0 Å². The topological polar surface area (TPSA) is 73.7 Å². The van der Waals surface area contributed by atoms with Crippen LogP contribution in [0.5, 0.6) is 0 Å². The molecule has 3 N–H and O–H groups in total. The van der Waals surface area contributed by atoms with E-state index in [0.29, 0.717) is 11.4 Å². The maximum Gasteiger partial charge on any atom is 0.319 e. The molecule has 0 spiro atoms. The maximum atomic E-state index is 11.5. The molecule has 0 fully saturated rings. The minimum atomic E-state index is -0.254. The van der Waals surface area contributed by atoms with E-state index in [1.54, 1.807) is 31.2 Å². The molecule has 0 aliphatic carbocycles. The third-order valence-electron chi connectivity index (χ3n) is 2.11. The first kappa shape index (κ1) is 13.0. The van der Waals surface area contributed by atoms with E-state index in [0.717, 1.165) is 5.56 Å². The Labute approximate surface area is 101 Å². The number of hydrogen-bond acceptors (Lipinski definition) is 3. The molecule has 1 aromatic carbocycles. The molecule has 0 radical (unpaired) electrons. The van der Waals surface area contributed by atoms with E-state index < -0.39 is 0 Å². The second-order valence-electron chi connectivity index (χ2n) is 4.02. The quantitative estimate of drug-likeness (QED) is 0.427. The average Bonchev–Trinajstić information content (AvgIpc) is 2.27. The fraction of sp³-hybridized carbons (Fsp3) is 0.333. The summed E-state index contributed by atoms with van der Waals surface area (Å²) >= 11 is 0. The highest BCUT2D eigenvalue weighted by Gasteiger charge is 2.04. The Morgan fingerprint density at radius 2 is 2.12 bits per heavy atom. The van der Waals surface area contributed by atoms with Crippen LogP contribution < -0.4 is 10.6 Å². The summed E-state index contributed by atoms with van der Waals surface area (Å²) < 4.78 is 0. The van der Waals surface area contributed by atoms with E-state index in [1.807, 2.05) is 13.8 Å². The number of benzene rings is 1. The van der Waals surface area contributed by atoms with Gasteiger partial charge in [0.05, 0.1) is 5.71 Å². The van der Waals surface area contributed by atoms with Gasteiger partial charge in [0.25, 0.3) is 0 Å². The van der Waals surface area contributed by atoms with Crippen LogP contribution in [0.1, 0.15) is 26.3 Å². The zero-order chi connectivity index (χ0) is 12.8. The van der Waals surface area contributed by atoms with Crippen molar-refractivity contribution in [2.75, 3.05) is 5.32 Å². The van der Waals surface area contributed by atoms with Crippen molar-refractivity contribution in [1.82, 2.24) is 5.32 Å². The molecule has 1 aromatic rings. The van der Waals surface area contributed by atoms with Gasteiger partial charge in [0, 0.05) is 17.3 Å². The summed E-state index contributed by atoms with van der Waals surface area (Å²) in [4.78, 5) is 11.5. The second-order valence-corrected chi connectivity index (χ2v) is 4.02. The molecule has 0 atom stereocenters. The molecule has 0 aliphatic heterocycles. The highest BCUT2D eigenvalue weighted by atomic mass is 16.4. The van der Waals surface area contributed by atoms with Gasteiger partial charge in [-0.1, -0.05) is 17.3 Å². The van der Waals surface area contributed by atoms with Crippen molar-refractivity contribution in [3.63, 3.8) is 0 Å². The number of amides is 2. The smallest absolute Gasteiger partial charge is 0.319 e. The Morgan fingerprint density at radius 1 is 1.41 bits per heavy atom. The van der Waals surface area contributed by atoms with Crippen LogP contribution >= 0.6 is 0 Å².